The van der Waals surface area contributed by atoms with Gasteiger partial charge in [0.05, 0.1) is 0 Å². The van der Waals surface area contributed by atoms with Gasteiger partial charge < -0.3 is 15.3 Å². The van der Waals surface area contributed by atoms with Crippen molar-refractivity contribution < 1.29 is 5.11 Å². The summed E-state index contributed by atoms with van der Waals surface area (Å²) in [6.07, 6.45) is 1.83. The SMILES string of the molecule is CCCNc1cc(N(CC)CCCO)nc(C)n1. The number of hydrogen-bond acceptors (Lipinski definition) is 5. The van der Waals surface area contributed by atoms with Crippen LogP contribution in [0, 0.1) is 6.92 Å². The van der Waals surface area contributed by atoms with E-state index >= 15 is 0 Å². The van der Waals surface area contributed by atoms with Crippen molar-refractivity contribution in [2.45, 2.75) is 33.6 Å². The maximum Gasteiger partial charge on any atom is 0.134 e. The first-order valence-electron chi connectivity index (χ1n) is 6.66. The molecule has 0 aliphatic carbocycles. The van der Waals surface area contributed by atoms with E-state index in [-0.39, 0.29) is 6.61 Å². The monoisotopic (exact) mass is 252 g/mol. The fourth-order valence-corrected chi connectivity index (χ4v) is 1.75. The van der Waals surface area contributed by atoms with Crippen molar-refractivity contribution in [3.63, 3.8) is 0 Å². The zero-order valence-electron chi connectivity index (χ0n) is 11.6. The molecular formula is C13H24N4O. The van der Waals surface area contributed by atoms with Crippen LogP contribution in [0.4, 0.5) is 11.6 Å². The van der Waals surface area contributed by atoms with Crippen LogP contribution in [0.5, 0.6) is 0 Å². The Kier molecular flexibility index (Phi) is 6.43. The Morgan fingerprint density at radius 2 is 2.11 bits per heavy atom. The molecule has 0 aliphatic rings. The predicted octanol–water partition coefficient (Wildman–Crippen LogP) is 1.82. The third kappa shape index (κ3) is 4.49. The molecule has 5 heteroatoms. The van der Waals surface area contributed by atoms with Crippen LogP contribution in [-0.2, 0) is 0 Å². The van der Waals surface area contributed by atoms with Gasteiger partial charge in [0, 0.05) is 32.3 Å². The number of hydrogen-bond donors (Lipinski definition) is 2. The van der Waals surface area contributed by atoms with Crippen molar-refractivity contribution in [2.75, 3.05) is 36.5 Å². The van der Waals surface area contributed by atoms with Gasteiger partial charge in [-0.15, -0.1) is 0 Å². The highest BCUT2D eigenvalue weighted by molar-refractivity contribution is 5.49. The average molecular weight is 252 g/mol. The fraction of sp³-hybridized carbons (Fsp3) is 0.692. The van der Waals surface area contributed by atoms with E-state index < -0.39 is 0 Å². The zero-order chi connectivity index (χ0) is 13.4. The number of aliphatic hydroxyl groups excluding tert-OH is 1. The van der Waals surface area contributed by atoms with Gasteiger partial charge in [-0.25, -0.2) is 9.97 Å². The predicted molar refractivity (Wildman–Crippen MR) is 75.1 cm³/mol. The smallest absolute Gasteiger partial charge is 0.134 e. The van der Waals surface area contributed by atoms with Crippen LogP contribution in [0.2, 0.25) is 0 Å². The molecule has 18 heavy (non-hydrogen) atoms. The molecule has 1 aromatic rings. The molecule has 0 aromatic carbocycles. The molecule has 0 aliphatic heterocycles. The summed E-state index contributed by atoms with van der Waals surface area (Å²) in [4.78, 5) is 11.0. The molecule has 0 unspecified atom stereocenters. The largest absolute Gasteiger partial charge is 0.396 e. The summed E-state index contributed by atoms with van der Waals surface area (Å²) in [5, 5.41) is 12.2. The van der Waals surface area contributed by atoms with Crippen LogP contribution >= 0.6 is 0 Å². The second kappa shape index (κ2) is 7.87. The Labute approximate surface area is 109 Å². The summed E-state index contributed by atoms with van der Waals surface area (Å²) in [6.45, 7) is 8.94. The molecular weight excluding hydrogens is 228 g/mol. The molecule has 0 saturated heterocycles. The Balaban J connectivity index is 2.81. The lowest BCUT2D eigenvalue weighted by Gasteiger charge is -2.22. The van der Waals surface area contributed by atoms with Crippen LogP contribution in [0.1, 0.15) is 32.5 Å². The number of aromatic nitrogens is 2. The van der Waals surface area contributed by atoms with Gasteiger partial charge in [-0.05, 0) is 26.7 Å². The minimum atomic E-state index is 0.210. The van der Waals surface area contributed by atoms with Crippen LogP contribution < -0.4 is 10.2 Å². The summed E-state index contributed by atoms with van der Waals surface area (Å²) >= 11 is 0. The lowest BCUT2D eigenvalue weighted by atomic mass is 10.3. The lowest BCUT2D eigenvalue weighted by Crippen LogP contribution is -2.26. The normalized spacial score (nSPS) is 10.4. The number of aliphatic hydroxyl groups is 1. The second-order valence-electron chi connectivity index (χ2n) is 4.24. The second-order valence-corrected chi connectivity index (χ2v) is 4.24. The van der Waals surface area contributed by atoms with Gasteiger partial charge >= 0.3 is 0 Å². The minimum absolute atomic E-state index is 0.210. The summed E-state index contributed by atoms with van der Waals surface area (Å²) < 4.78 is 0. The zero-order valence-corrected chi connectivity index (χ0v) is 11.6. The Bertz CT molecular complexity index is 357. The van der Waals surface area contributed by atoms with Gasteiger partial charge in [-0.2, -0.15) is 0 Å². The van der Waals surface area contributed by atoms with Crippen molar-refractivity contribution in [3.05, 3.63) is 11.9 Å². The van der Waals surface area contributed by atoms with Crippen LogP contribution in [-0.4, -0.2) is 41.3 Å². The molecule has 102 valence electrons. The maximum atomic E-state index is 8.91. The standard InChI is InChI=1S/C13H24N4O/c1-4-7-14-12-10-13(16-11(3)15-12)17(5-2)8-6-9-18/h10,18H,4-9H2,1-3H3,(H,14,15,16). The summed E-state index contributed by atoms with van der Waals surface area (Å²) in [5.41, 5.74) is 0. The van der Waals surface area contributed by atoms with Gasteiger partial charge in [0.15, 0.2) is 0 Å². The molecule has 0 amide bonds. The molecule has 1 aromatic heterocycles. The molecule has 5 nitrogen and oxygen atoms in total. The van der Waals surface area contributed by atoms with Crippen molar-refractivity contribution in [1.29, 1.82) is 0 Å². The molecule has 0 saturated carbocycles. The van der Waals surface area contributed by atoms with Crippen molar-refractivity contribution in [3.8, 4) is 0 Å². The Morgan fingerprint density at radius 1 is 1.33 bits per heavy atom. The lowest BCUT2D eigenvalue weighted by molar-refractivity contribution is 0.289. The highest BCUT2D eigenvalue weighted by Crippen LogP contribution is 2.16. The minimum Gasteiger partial charge on any atom is -0.396 e. The topological polar surface area (TPSA) is 61.3 Å². The molecule has 0 bridgehead atoms. The van der Waals surface area contributed by atoms with Crippen LogP contribution in [0.15, 0.2) is 6.07 Å². The van der Waals surface area contributed by atoms with Crippen molar-refractivity contribution in [2.24, 2.45) is 0 Å². The quantitative estimate of drug-likeness (QED) is 0.739. The first kappa shape index (κ1) is 14.7. The third-order valence-corrected chi connectivity index (χ3v) is 2.67. The molecule has 0 fully saturated rings. The van der Waals surface area contributed by atoms with Gasteiger partial charge in [0.2, 0.25) is 0 Å². The Morgan fingerprint density at radius 3 is 2.72 bits per heavy atom. The van der Waals surface area contributed by atoms with Crippen LogP contribution in [0.3, 0.4) is 0 Å². The summed E-state index contributed by atoms with van der Waals surface area (Å²) in [7, 11) is 0. The Hall–Kier alpha value is -1.36. The highest BCUT2D eigenvalue weighted by Gasteiger charge is 2.08. The summed E-state index contributed by atoms with van der Waals surface area (Å²) in [5.74, 6) is 2.58. The van der Waals surface area contributed by atoms with E-state index in [1.165, 1.54) is 0 Å². The van der Waals surface area contributed by atoms with E-state index in [9.17, 15) is 0 Å². The van der Waals surface area contributed by atoms with Gasteiger partial charge in [-0.1, -0.05) is 6.92 Å². The van der Waals surface area contributed by atoms with Gasteiger partial charge in [0.1, 0.15) is 17.5 Å². The van der Waals surface area contributed by atoms with E-state index in [2.05, 4.69) is 34.0 Å². The van der Waals surface area contributed by atoms with Gasteiger partial charge in [-0.3, -0.25) is 0 Å². The first-order chi connectivity index (χ1) is 8.71. The highest BCUT2D eigenvalue weighted by atomic mass is 16.3. The van der Waals surface area contributed by atoms with Crippen molar-refractivity contribution in [1.82, 2.24) is 9.97 Å². The molecule has 0 atom stereocenters. The van der Waals surface area contributed by atoms with E-state index in [4.69, 9.17) is 5.11 Å². The van der Waals surface area contributed by atoms with E-state index in [1.54, 1.807) is 0 Å². The van der Waals surface area contributed by atoms with E-state index in [0.717, 1.165) is 49.9 Å². The maximum absolute atomic E-state index is 8.91. The third-order valence-electron chi connectivity index (χ3n) is 2.67. The molecule has 2 N–H and O–H groups in total. The molecule has 0 radical (unpaired) electrons. The first-order valence-corrected chi connectivity index (χ1v) is 6.66. The number of nitrogens with zero attached hydrogens (tertiary/aromatic N) is 3. The van der Waals surface area contributed by atoms with Crippen molar-refractivity contribution >= 4 is 11.6 Å². The molecule has 0 spiro atoms. The van der Waals surface area contributed by atoms with E-state index in [1.807, 2.05) is 13.0 Å². The fourth-order valence-electron chi connectivity index (χ4n) is 1.75. The van der Waals surface area contributed by atoms with E-state index in [0.29, 0.717) is 0 Å². The summed E-state index contributed by atoms with van der Waals surface area (Å²) in [6, 6.07) is 1.98. The number of anilines is 2. The number of aryl methyl sites for hydroxylation is 1. The molecule has 1 heterocycles. The van der Waals surface area contributed by atoms with Crippen LogP contribution in [0.25, 0.3) is 0 Å². The number of rotatable bonds is 8. The van der Waals surface area contributed by atoms with Gasteiger partial charge in [0.25, 0.3) is 0 Å². The average Bonchev–Trinajstić information content (AvgIpc) is 2.37. The number of nitrogens with one attached hydrogen (secondary N) is 1. The molecule has 1 rings (SSSR count).